The molecule has 2 rings (SSSR count). The van der Waals surface area contributed by atoms with Crippen molar-refractivity contribution in [3.05, 3.63) is 63.6 Å². The summed E-state index contributed by atoms with van der Waals surface area (Å²) in [6.45, 7) is 5.16. The Hall–Kier alpha value is -1.32. The Kier molecular flexibility index (Phi) is 5.21. The van der Waals surface area contributed by atoms with Crippen molar-refractivity contribution in [3.8, 4) is 5.75 Å². The van der Waals surface area contributed by atoms with E-state index in [1.807, 2.05) is 6.07 Å². The number of nitrogens with one attached hydrogen (secondary N) is 1. The molecule has 0 saturated heterocycles. The first-order valence-electron chi connectivity index (χ1n) is 6.72. The summed E-state index contributed by atoms with van der Waals surface area (Å²) in [6.07, 6.45) is 0. The maximum Gasteiger partial charge on any atom is 0.133 e. The first kappa shape index (κ1) is 15.1. The van der Waals surface area contributed by atoms with Crippen LogP contribution in [-0.2, 0) is 6.54 Å². The van der Waals surface area contributed by atoms with E-state index in [-0.39, 0.29) is 6.04 Å². The minimum Gasteiger partial charge on any atom is -0.496 e. The van der Waals surface area contributed by atoms with E-state index in [1.54, 1.807) is 7.11 Å². The zero-order chi connectivity index (χ0) is 14.5. The Balaban J connectivity index is 2.01. The number of hydrogen-bond donors (Lipinski definition) is 1. The van der Waals surface area contributed by atoms with Crippen LogP contribution in [0.1, 0.15) is 29.7 Å². The largest absolute Gasteiger partial charge is 0.496 e. The topological polar surface area (TPSA) is 21.3 Å². The van der Waals surface area contributed by atoms with Crippen molar-refractivity contribution in [2.75, 3.05) is 7.11 Å². The number of aryl methyl sites for hydroxylation is 1. The number of benzene rings is 2. The molecule has 1 unspecified atom stereocenters. The number of ether oxygens (including phenoxy) is 1. The van der Waals surface area contributed by atoms with E-state index in [9.17, 15) is 0 Å². The Morgan fingerprint density at radius 2 is 2.00 bits per heavy atom. The van der Waals surface area contributed by atoms with E-state index in [4.69, 9.17) is 4.74 Å². The molecule has 0 saturated carbocycles. The third-order valence-corrected chi connectivity index (χ3v) is 3.99. The second-order valence-electron chi connectivity index (χ2n) is 4.99. The molecule has 1 N–H and O–H groups in total. The van der Waals surface area contributed by atoms with Crippen LogP contribution in [0.3, 0.4) is 0 Å². The van der Waals surface area contributed by atoms with Gasteiger partial charge >= 0.3 is 0 Å². The fourth-order valence-corrected chi connectivity index (χ4v) is 2.72. The van der Waals surface area contributed by atoms with Gasteiger partial charge in [0.1, 0.15) is 5.75 Å². The van der Waals surface area contributed by atoms with Crippen LogP contribution >= 0.6 is 15.9 Å². The molecule has 0 fully saturated rings. The summed E-state index contributed by atoms with van der Waals surface area (Å²) < 4.78 is 6.24. The van der Waals surface area contributed by atoms with Gasteiger partial charge in [0.2, 0.25) is 0 Å². The van der Waals surface area contributed by atoms with E-state index in [0.29, 0.717) is 0 Å². The van der Waals surface area contributed by atoms with E-state index in [0.717, 1.165) is 16.8 Å². The van der Waals surface area contributed by atoms with Gasteiger partial charge in [-0.1, -0.05) is 35.9 Å². The van der Waals surface area contributed by atoms with Crippen LogP contribution in [0.2, 0.25) is 0 Å². The van der Waals surface area contributed by atoms with Crippen molar-refractivity contribution >= 4 is 15.9 Å². The zero-order valence-electron chi connectivity index (χ0n) is 12.1. The lowest BCUT2D eigenvalue weighted by atomic mass is 10.1. The van der Waals surface area contributed by atoms with Crippen LogP contribution in [0.4, 0.5) is 0 Å². The molecule has 106 valence electrons. The molecule has 2 aromatic rings. The fraction of sp³-hybridized carbons (Fsp3) is 0.294. The highest BCUT2D eigenvalue weighted by Crippen LogP contribution is 2.28. The van der Waals surface area contributed by atoms with Crippen LogP contribution in [0.15, 0.2) is 46.9 Å². The van der Waals surface area contributed by atoms with Crippen LogP contribution in [0.5, 0.6) is 5.75 Å². The molecule has 0 amide bonds. The van der Waals surface area contributed by atoms with Gasteiger partial charge in [0.05, 0.1) is 11.6 Å². The van der Waals surface area contributed by atoms with Gasteiger partial charge in [-0.05, 0) is 53.0 Å². The molecule has 1 atom stereocenters. The summed E-state index contributed by atoms with van der Waals surface area (Å²) in [5, 5.41) is 3.55. The summed E-state index contributed by atoms with van der Waals surface area (Å²) in [7, 11) is 1.68. The van der Waals surface area contributed by atoms with Crippen molar-refractivity contribution < 1.29 is 4.74 Å². The minimum absolute atomic E-state index is 0.290. The second-order valence-corrected chi connectivity index (χ2v) is 5.84. The number of halogens is 1. The summed E-state index contributed by atoms with van der Waals surface area (Å²) in [6, 6.07) is 15.1. The normalized spacial score (nSPS) is 12.2. The zero-order valence-corrected chi connectivity index (χ0v) is 13.7. The van der Waals surface area contributed by atoms with Gasteiger partial charge < -0.3 is 10.1 Å². The first-order valence-corrected chi connectivity index (χ1v) is 7.52. The lowest BCUT2D eigenvalue weighted by Gasteiger charge is -2.16. The van der Waals surface area contributed by atoms with Crippen molar-refractivity contribution in [1.29, 1.82) is 0 Å². The van der Waals surface area contributed by atoms with Gasteiger partial charge in [0.25, 0.3) is 0 Å². The number of rotatable bonds is 5. The van der Waals surface area contributed by atoms with Gasteiger partial charge in [-0.2, -0.15) is 0 Å². The second kappa shape index (κ2) is 6.91. The number of hydrogen-bond acceptors (Lipinski definition) is 2. The molecule has 0 heterocycles. The highest BCUT2D eigenvalue weighted by Gasteiger charge is 2.08. The van der Waals surface area contributed by atoms with Crippen LogP contribution in [0.25, 0.3) is 0 Å². The maximum absolute atomic E-state index is 5.25. The van der Waals surface area contributed by atoms with Gasteiger partial charge in [-0.15, -0.1) is 0 Å². The van der Waals surface area contributed by atoms with E-state index >= 15 is 0 Å². The SMILES string of the molecule is COc1ccc(C(C)NCc2cccc(C)c2)cc1Br. The van der Waals surface area contributed by atoms with Gasteiger partial charge in [0, 0.05) is 12.6 Å². The molecule has 0 bridgehead atoms. The third kappa shape index (κ3) is 3.84. The third-order valence-electron chi connectivity index (χ3n) is 3.37. The van der Waals surface area contributed by atoms with E-state index in [1.165, 1.54) is 16.7 Å². The Morgan fingerprint density at radius 3 is 2.65 bits per heavy atom. The Labute approximate surface area is 129 Å². The summed E-state index contributed by atoms with van der Waals surface area (Å²) in [5.74, 6) is 0.861. The molecule has 0 radical (unpaired) electrons. The Bertz CT molecular complexity index is 583. The average Bonchev–Trinajstić information content (AvgIpc) is 2.44. The predicted molar refractivity (Wildman–Crippen MR) is 87.1 cm³/mol. The van der Waals surface area contributed by atoms with E-state index in [2.05, 4.69) is 71.5 Å². The Morgan fingerprint density at radius 1 is 1.20 bits per heavy atom. The lowest BCUT2D eigenvalue weighted by molar-refractivity contribution is 0.411. The van der Waals surface area contributed by atoms with Crippen LogP contribution < -0.4 is 10.1 Å². The van der Waals surface area contributed by atoms with Crippen molar-refractivity contribution in [1.82, 2.24) is 5.32 Å². The average molecular weight is 334 g/mol. The van der Waals surface area contributed by atoms with E-state index < -0.39 is 0 Å². The molecular weight excluding hydrogens is 314 g/mol. The molecule has 3 heteroatoms. The highest BCUT2D eigenvalue weighted by atomic mass is 79.9. The summed E-state index contributed by atoms with van der Waals surface area (Å²) in [5.41, 5.74) is 3.85. The van der Waals surface area contributed by atoms with Crippen molar-refractivity contribution in [2.24, 2.45) is 0 Å². The molecule has 0 spiro atoms. The lowest BCUT2D eigenvalue weighted by Crippen LogP contribution is -2.18. The molecule has 2 aromatic carbocycles. The van der Waals surface area contributed by atoms with Crippen LogP contribution in [0, 0.1) is 6.92 Å². The minimum atomic E-state index is 0.290. The van der Waals surface area contributed by atoms with Gasteiger partial charge in [-0.3, -0.25) is 0 Å². The van der Waals surface area contributed by atoms with Crippen molar-refractivity contribution in [3.63, 3.8) is 0 Å². The van der Waals surface area contributed by atoms with Crippen LogP contribution in [-0.4, -0.2) is 7.11 Å². The smallest absolute Gasteiger partial charge is 0.133 e. The molecule has 20 heavy (non-hydrogen) atoms. The standard InChI is InChI=1S/C17H20BrNO/c1-12-5-4-6-14(9-12)11-19-13(2)15-7-8-17(20-3)16(18)10-15/h4-10,13,19H,11H2,1-3H3. The fourth-order valence-electron chi connectivity index (χ4n) is 2.16. The molecule has 0 aliphatic rings. The molecule has 0 aliphatic carbocycles. The maximum atomic E-state index is 5.25. The molecule has 0 aromatic heterocycles. The quantitative estimate of drug-likeness (QED) is 0.862. The molecule has 0 aliphatic heterocycles. The highest BCUT2D eigenvalue weighted by molar-refractivity contribution is 9.10. The molecule has 2 nitrogen and oxygen atoms in total. The predicted octanol–water partition coefficient (Wildman–Crippen LogP) is 4.62. The van der Waals surface area contributed by atoms with Crippen molar-refractivity contribution in [2.45, 2.75) is 26.4 Å². The van der Waals surface area contributed by atoms with Gasteiger partial charge in [-0.25, -0.2) is 0 Å². The summed E-state index contributed by atoms with van der Waals surface area (Å²) >= 11 is 3.53. The number of methoxy groups -OCH3 is 1. The summed E-state index contributed by atoms with van der Waals surface area (Å²) in [4.78, 5) is 0. The first-order chi connectivity index (χ1) is 9.60. The van der Waals surface area contributed by atoms with Gasteiger partial charge in [0.15, 0.2) is 0 Å². The molecular formula is C17H20BrNO. The monoisotopic (exact) mass is 333 g/mol.